The SMILES string of the molecule is CC1(C)c2ccccc2-c2ccc(N3c4ccccc4B4c5cc6c(cc5Sc5cc(N(c7ccccc7)c7ccccc7)cc3c54)N(c3ccccc3)c3cc(N(c4ccccc4)c4ccccc4)cc4c3B6c3ccccc3N4c3ccc4c(c3)C(C)(C)c3ccccc3-4)cc21. The molecule has 0 N–H and O–H groups in total. The van der Waals surface area contributed by atoms with Gasteiger partial charge in [0.25, 0.3) is 6.71 Å². The first-order valence-corrected chi connectivity index (χ1v) is 35.1. The minimum atomic E-state index is -0.207. The van der Waals surface area contributed by atoms with Gasteiger partial charge in [-0.1, -0.05) is 239 Å². The number of hydrogen-bond acceptors (Lipinski definition) is 6. The van der Waals surface area contributed by atoms with Crippen LogP contribution in [0.4, 0.5) is 85.3 Å². The Balaban J connectivity index is 0.849. The number of anilines is 15. The minimum Gasteiger partial charge on any atom is -0.311 e. The van der Waals surface area contributed by atoms with Crippen molar-refractivity contribution in [3.8, 4) is 22.3 Å². The van der Waals surface area contributed by atoms with Crippen molar-refractivity contribution < 1.29 is 0 Å². The van der Waals surface area contributed by atoms with E-state index in [0.29, 0.717) is 0 Å². The number of para-hydroxylation sites is 7. The van der Waals surface area contributed by atoms with Gasteiger partial charge < -0.3 is 24.5 Å². The van der Waals surface area contributed by atoms with Crippen LogP contribution in [0.5, 0.6) is 0 Å². The van der Waals surface area contributed by atoms with E-state index in [4.69, 9.17) is 0 Å². The molecule has 0 fully saturated rings. The van der Waals surface area contributed by atoms with Crippen LogP contribution in [0, 0.1) is 0 Å². The van der Waals surface area contributed by atoms with Crippen LogP contribution in [0.1, 0.15) is 49.9 Å². The molecule has 0 atom stereocenters. The lowest BCUT2D eigenvalue weighted by molar-refractivity contribution is 0.660. The van der Waals surface area contributed by atoms with Gasteiger partial charge in [0, 0.05) is 100 Å². The molecule has 0 bridgehead atoms. The molecule has 20 rings (SSSR count). The Bertz CT molecular complexity index is 5530. The molecular formula is C90H65B2N5S. The van der Waals surface area contributed by atoms with Crippen LogP contribution in [-0.2, 0) is 10.8 Å². The molecule has 0 aromatic heterocycles. The lowest BCUT2D eigenvalue weighted by Crippen LogP contribution is -2.64. The molecule has 0 spiro atoms. The average molecular weight is 1270 g/mol. The molecule has 2 aliphatic carbocycles. The molecule has 4 aliphatic heterocycles. The average Bonchev–Trinajstić information content (AvgIpc) is 0.879. The van der Waals surface area contributed by atoms with E-state index in [9.17, 15) is 0 Å². The van der Waals surface area contributed by atoms with E-state index in [1.54, 1.807) is 0 Å². The van der Waals surface area contributed by atoms with Crippen molar-refractivity contribution in [3.63, 3.8) is 0 Å². The predicted molar refractivity (Wildman–Crippen MR) is 415 cm³/mol. The van der Waals surface area contributed by atoms with Crippen LogP contribution in [0.15, 0.2) is 331 Å². The number of nitrogens with zero attached hydrogens (tertiary/aromatic N) is 5. The third-order valence-corrected chi connectivity index (χ3v) is 23.1. The molecule has 14 aromatic rings. The molecule has 5 nitrogen and oxygen atoms in total. The van der Waals surface area contributed by atoms with Crippen LogP contribution in [-0.4, -0.2) is 13.4 Å². The summed E-state index contributed by atoms with van der Waals surface area (Å²) in [6.07, 6.45) is 0. The summed E-state index contributed by atoms with van der Waals surface area (Å²) >= 11 is 1.93. The summed E-state index contributed by atoms with van der Waals surface area (Å²) in [6, 6.07) is 121. The maximum absolute atomic E-state index is 2.66. The second-order valence-electron chi connectivity index (χ2n) is 28.0. The highest BCUT2D eigenvalue weighted by molar-refractivity contribution is 8.00. The summed E-state index contributed by atoms with van der Waals surface area (Å²) in [5, 5.41) is 0. The van der Waals surface area contributed by atoms with Gasteiger partial charge in [0.2, 0.25) is 6.71 Å². The molecule has 14 aromatic carbocycles. The Hall–Kier alpha value is -11.4. The second-order valence-corrected chi connectivity index (χ2v) is 29.0. The number of fused-ring (bicyclic) bond motifs is 14. The van der Waals surface area contributed by atoms with Crippen molar-refractivity contribution in [2.75, 3.05) is 24.5 Å². The predicted octanol–water partition coefficient (Wildman–Crippen LogP) is 20.1. The Kier molecular flexibility index (Phi) is 12.5. The molecule has 0 radical (unpaired) electrons. The number of benzene rings is 14. The van der Waals surface area contributed by atoms with E-state index in [1.165, 1.54) is 110 Å². The first-order chi connectivity index (χ1) is 48.2. The Labute approximate surface area is 578 Å². The monoisotopic (exact) mass is 1270 g/mol. The third-order valence-electron chi connectivity index (χ3n) is 22.0. The highest BCUT2D eigenvalue weighted by atomic mass is 32.2. The van der Waals surface area contributed by atoms with Crippen molar-refractivity contribution >= 4 is 143 Å². The smallest absolute Gasteiger partial charge is 0.252 e. The zero-order chi connectivity index (χ0) is 65.1. The summed E-state index contributed by atoms with van der Waals surface area (Å²) in [4.78, 5) is 15.2. The van der Waals surface area contributed by atoms with Gasteiger partial charge in [0.05, 0.1) is 5.69 Å². The zero-order valence-electron chi connectivity index (χ0n) is 54.9. The highest BCUT2D eigenvalue weighted by Gasteiger charge is 2.49. The topological polar surface area (TPSA) is 16.2 Å². The van der Waals surface area contributed by atoms with Crippen LogP contribution >= 0.6 is 11.8 Å². The molecule has 0 unspecified atom stereocenters. The van der Waals surface area contributed by atoms with Gasteiger partial charge in [-0.3, -0.25) is 0 Å². The van der Waals surface area contributed by atoms with Gasteiger partial charge in [-0.05, 0) is 199 Å². The molecule has 8 heteroatoms. The van der Waals surface area contributed by atoms with Crippen molar-refractivity contribution in [3.05, 3.63) is 344 Å². The fourth-order valence-corrected chi connectivity index (χ4v) is 18.9. The molecule has 462 valence electrons. The van der Waals surface area contributed by atoms with Gasteiger partial charge in [-0.25, -0.2) is 0 Å². The molecule has 0 saturated heterocycles. The van der Waals surface area contributed by atoms with E-state index in [-0.39, 0.29) is 24.3 Å². The van der Waals surface area contributed by atoms with Crippen LogP contribution in [0.25, 0.3) is 22.3 Å². The molecule has 0 saturated carbocycles. The fraction of sp³-hybridized carbons (Fsp3) is 0.0667. The van der Waals surface area contributed by atoms with E-state index in [1.807, 2.05) is 11.8 Å². The van der Waals surface area contributed by atoms with Gasteiger partial charge in [0.1, 0.15) is 0 Å². The fourth-order valence-electron chi connectivity index (χ4n) is 17.6. The molecule has 4 heterocycles. The van der Waals surface area contributed by atoms with E-state index >= 15 is 0 Å². The normalized spacial score (nSPS) is 14.6. The Morgan fingerprint density at radius 2 is 0.633 bits per heavy atom. The lowest BCUT2D eigenvalue weighted by Gasteiger charge is -2.46. The third kappa shape index (κ3) is 8.31. The van der Waals surface area contributed by atoms with Gasteiger partial charge >= 0.3 is 0 Å². The maximum atomic E-state index is 2.66. The largest absolute Gasteiger partial charge is 0.311 e. The van der Waals surface area contributed by atoms with Crippen molar-refractivity contribution in [2.24, 2.45) is 0 Å². The second kappa shape index (κ2) is 21.5. The van der Waals surface area contributed by atoms with Gasteiger partial charge in [0.15, 0.2) is 0 Å². The molecule has 0 amide bonds. The number of rotatable bonds is 9. The van der Waals surface area contributed by atoms with E-state index in [2.05, 4.69) is 374 Å². The first-order valence-electron chi connectivity index (χ1n) is 34.3. The van der Waals surface area contributed by atoms with E-state index < -0.39 is 0 Å². The summed E-state index contributed by atoms with van der Waals surface area (Å²) in [5.41, 5.74) is 35.1. The van der Waals surface area contributed by atoms with Gasteiger partial charge in [-0.2, -0.15) is 0 Å². The Morgan fingerprint density at radius 1 is 0.255 bits per heavy atom. The highest BCUT2D eigenvalue weighted by Crippen LogP contribution is 2.56. The molecule has 6 aliphatic rings. The summed E-state index contributed by atoms with van der Waals surface area (Å²) in [7, 11) is 0. The summed E-state index contributed by atoms with van der Waals surface area (Å²) < 4.78 is 0. The minimum absolute atomic E-state index is 0.104. The van der Waals surface area contributed by atoms with Crippen molar-refractivity contribution in [2.45, 2.75) is 48.3 Å². The van der Waals surface area contributed by atoms with Crippen molar-refractivity contribution in [1.82, 2.24) is 0 Å². The van der Waals surface area contributed by atoms with E-state index in [0.717, 1.165) is 62.6 Å². The van der Waals surface area contributed by atoms with Crippen molar-refractivity contribution in [1.29, 1.82) is 0 Å². The molecular weight excluding hydrogens is 1200 g/mol. The van der Waals surface area contributed by atoms with Crippen LogP contribution in [0.3, 0.4) is 0 Å². The van der Waals surface area contributed by atoms with Crippen LogP contribution in [0.2, 0.25) is 0 Å². The maximum Gasteiger partial charge on any atom is 0.252 e. The standard InChI is InChI=1S/C90H65B2N5S/c1-89(2)71-40-22-20-38-67(71)69-48-46-63(50-73(69)89)96-79-44-26-24-42-75(79)91-77-56-78-85(57-81(77)95(62-36-18-9-19-37-62)82-52-65(53-83(96)87(82)91)93(58-28-10-5-11-29-58)59-30-12-6-13-31-59)98-86-55-66(94(60-32-14-7-15-33-60)61-34-16-8-17-35-61)54-84-88(86)92(78)76-43-25-27-45-80(76)97(84)64-47-49-70-68-39-21-23-41-72(68)90(3,4)74(70)51-64/h5-57H,1-4H3. The first kappa shape index (κ1) is 56.9. The quantitative estimate of drug-likeness (QED) is 0.133. The van der Waals surface area contributed by atoms with Gasteiger partial charge in [-0.15, -0.1) is 0 Å². The summed E-state index contributed by atoms with van der Waals surface area (Å²) in [5.74, 6) is 0. The zero-order valence-corrected chi connectivity index (χ0v) is 55.7. The number of hydrogen-bond donors (Lipinski definition) is 0. The van der Waals surface area contributed by atoms with Crippen LogP contribution < -0.4 is 57.3 Å². The summed E-state index contributed by atoms with van der Waals surface area (Å²) in [6.45, 7) is 9.34. The lowest BCUT2D eigenvalue weighted by atomic mass is 9.31. The molecule has 98 heavy (non-hydrogen) atoms. The Morgan fingerprint density at radius 3 is 1.11 bits per heavy atom.